The molecule has 0 N–H and O–H groups in total. The zero-order valence-corrected chi connectivity index (χ0v) is 8.16. The van der Waals surface area contributed by atoms with E-state index in [0.717, 1.165) is 16.7 Å². The van der Waals surface area contributed by atoms with Gasteiger partial charge in [0.05, 0.1) is 6.07 Å². The topological polar surface area (TPSA) is 33.0 Å². The van der Waals surface area contributed by atoms with Crippen LogP contribution in [0.5, 0.6) is 0 Å². The number of nitriles is 1. The van der Waals surface area contributed by atoms with Gasteiger partial charge in [0, 0.05) is 12.7 Å². The third-order valence-electron chi connectivity index (χ3n) is 2.16. The van der Waals surface area contributed by atoms with Crippen LogP contribution in [0.1, 0.15) is 22.8 Å². The molecular formula is C11H13NO. The molecule has 0 bridgehead atoms. The van der Waals surface area contributed by atoms with E-state index < -0.39 is 6.10 Å². The van der Waals surface area contributed by atoms with Gasteiger partial charge >= 0.3 is 0 Å². The van der Waals surface area contributed by atoms with Crippen molar-refractivity contribution in [1.29, 1.82) is 5.26 Å². The van der Waals surface area contributed by atoms with E-state index in [0.29, 0.717) is 0 Å². The lowest BCUT2D eigenvalue weighted by atomic mass is 9.99. The number of hydrogen-bond acceptors (Lipinski definition) is 2. The highest BCUT2D eigenvalue weighted by Gasteiger charge is 2.13. The van der Waals surface area contributed by atoms with E-state index in [1.165, 1.54) is 0 Å². The summed E-state index contributed by atoms with van der Waals surface area (Å²) in [6, 6.07) is 8.10. The molecule has 0 heterocycles. The molecule has 0 spiro atoms. The number of nitrogens with zero attached hydrogens (tertiary/aromatic N) is 1. The molecule has 1 aromatic rings. The van der Waals surface area contributed by atoms with Crippen LogP contribution in [-0.4, -0.2) is 7.11 Å². The molecule has 0 radical (unpaired) electrons. The molecule has 68 valence electrons. The first-order valence-electron chi connectivity index (χ1n) is 4.19. The van der Waals surface area contributed by atoms with Crippen molar-refractivity contribution in [2.45, 2.75) is 20.0 Å². The summed E-state index contributed by atoms with van der Waals surface area (Å²) in [5, 5.41) is 8.85. The molecule has 1 unspecified atom stereocenters. The van der Waals surface area contributed by atoms with Crippen LogP contribution in [-0.2, 0) is 4.74 Å². The SMILES string of the molecule is COC(C#N)c1c(C)cccc1C. The largest absolute Gasteiger partial charge is 0.362 e. The molecule has 1 atom stereocenters. The molecule has 2 heteroatoms. The lowest BCUT2D eigenvalue weighted by molar-refractivity contribution is 0.147. The standard InChI is InChI=1S/C11H13NO/c1-8-5-4-6-9(2)11(8)10(7-12)13-3/h4-6,10H,1-3H3. The second-order valence-corrected chi connectivity index (χ2v) is 3.05. The summed E-state index contributed by atoms with van der Waals surface area (Å²) in [5.74, 6) is 0. The van der Waals surface area contributed by atoms with Crippen LogP contribution in [0.15, 0.2) is 18.2 Å². The third-order valence-corrected chi connectivity index (χ3v) is 2.16. The maximum atomic E-state index is 8.85. The van der Waals surface area contributed by atoms with Crippen molar-refractivity contribution in [3.8, 4) is 6.07 Å². The quantitative estimate of drug-likeness (QED) is 0.692. The van der Waals surface area contributed by atoms with Gasteiger partial charge in [-0.05, 0) is 25.0 Å². The Balaban J connectivity index is 3.20. The fourth-order valence-electron chi connectivity index (χ4n) is 1.48. The fraction of sp³-hybridized carbons (Fsp3) is 0.364. The predicted molar refractivity (Wildman–Crippen MR) is 51.3 cm³/mol. The van der Waals surface area contributed by atoms with Gasteiger partial charge in [-0.2, -0.15) is 5.26 Å². The lowest BCUT2D eigenvalue weighted by Gasteiger charge is -2.13. The zero-order valence-electron chi connectivity index (χ0n) is 8.16. The Morgan fingerprint density at radius 1 is 1.31 bits per heavy atom. The summed E-state index contributed by atoms with van der Waals surface area (Å²) in [5.41, 5.74) is 3.20. The van der Waals surface area contributed by atoms with E-state index in [1.54, 1.807) is 7.11 Å². The Morgan fingerprint density at radius 3 is 2.23 bits per heavy atom. The Bertz CT molecular complexity index is 318. The molecule has 0 aliphatic carbocycles. The zero-order chi connectivity index (χ0) is 9.84. The molecule has 0 aliphatic heterocycles. The van der Waals surface area contributed by atoms with Crippen LogP contribution in [0.2, 0.25) is 0 Å². The Labute approximate surface area is 78.8 Å². The lowest BCUT2D eigenvalue weighted by Crippen LogP contribution is -2.03. The van der Waals surface area contributed by atoms with Gasteiger partial charge < -0.3 is 4.74 Å². The molecule has 0 aliphatic rings. The molecule has 0 fully saturated rings. The summed E-state index contributed by atoms with van der Waals surface area (Å²) in [6.07, 6.45) is -0.443. The summed E-state index contributed by atoms with van der Waals surface area (Å²) < 4.78 is 5.09. The van der Waals surface area contributed by atoms with E-state index in [1.807, 2.05) is 32.0 Å². The fourth-order valence-corrected chi connectivity index (χ4v) is 1.48. The minimum Gasteiger partial charge on any atom is -0.362 e. The van der Waals surface area contributed by atoms with Gasteiger partial charge in [0.1, 0.15) is 0 Å². The van der Waals surface area contributed by atoms with Crippen molar-refractivity contribution in [1.82, 2.24) is 0 Å². The van der Waals surface area contributed by atoms with Crippen molar-refractivity contribution in [2.75, 3.05) is 7.11 Å². The van der Waals surface area contributed by atoms with Gasteiger partial charge in [-0.3, -0.25) is 0 Å². The van der Waals surface area contributed by atoms with Crippen LogP contribution in [0.4, 0.5) is 0 Å². The second kappa shape index (κ2) is 4.06. The normalized spacial score (nSPS) is 12.2. The summed E-state index contributed by atoms with van der Waals surface area (Å²) in [6.45, 7) is 3.98. The summed E-state index contributed by atoms with van der Waals surface area (Å²) >= 11 is 0. The highest BCUT2D eigenvalue weighted by atomic mass is 16.5. The summed E-state index contributed by atoms with van der Waals surface area (Å²) in [7, 11) is 1.56. The first kappa shape index (κ1) is 9.76. The van der Waals surface area contributed by atoms with Crippen molar-refractivity contribution in [3.63, 3.8) is 0 Å². The number of rotatable bonds is 2. The minimum absolute atomic E-state index is 0.443. The average molecular weight is 175 g/mol. The van der Waals surface area contributed by atoms with Crippen LogP contribution in [0, 0.1) is 25.2 Å². The monoisotopic (exact) mass is 175 g/mol. The van der Waals surface area contributed by atoms with Gasteiger partial charge in [-0.1, -0.05) is 18.2 Å². The smallest absolute Gasteiger partial charge is 0.169 e. The van der Waals surface area contributed by atoms with E-state index in [9.17, 15) is 0 Å². The van der Waals surface area contributed by atoms with E-state index in [-0.39, 0.29) is 0 Å². The van der Waals surface area contributed by atoms with E-state index >= 15 is 0 Å². The summed E-state index contributed by atoms with van der Waals surface area (Å²) in [4.78, 5) is 0. The molecule has 0 amide bonds. The van der Waals surface area contributed by atoms with Crippen LogP contribution < -0.4 is 0 Å². The predicted octanol–water partition coefficient (Wildman–Crippen LogP) is 2.51. The number of benzene rings is 1. The molecule has 1 rings (SSSR count). The Morgan fingerprint density at radius 2 is 1.85 bits per heavy atom. The maximum Gasteiger partial charge on any atom is 0.169 e. The first-order valence-corrected chi connectivity index (χ1v) is 4.19. The molecular weight excluding hydrogens is 162 g/mol. The third kappa shape index (κ3) is 1.88. The first-order chi connectivity index (χ1) is 6.20. The van der Waals surface area contributed by atoms with Gasteiger partial charge in [0.15, 0.2) is 6.10 Å². The van der Waals surface area contributed by atoms with Gasteiger partial charge in [0.2, 0.25) is 0 Å². The molecule has 13 heavy (non-hydrogen) atoms. The number of hydrogen-bond donors (Lipinski definition) is 0. The molecule has 1 aromatic carbocycles. The molecule has 0 aromatic heterocycles. The van der Waals surface area contributed by atoms with Gasteiger partial charge in [-0.25, -0.2) is 0 Å². The Kier molecular flexibility index (Phi) is 3.05. The van der Waals surface area contributed by atoms with Crippen molar-refractivity contribution >= 4 is 0 Å². The number of aryl methyl sites for hydroxylation is 2. The van der Waals surface area contributed by atoms with Gasteiger partial charge in [0.25, 0.3) is 0 Å². The molecule has 2 nitrogen and oxygen atoms in total. The molecule has 0 saturated carbocycles. The second-order valence-electron chi connectivity index (χ2n) is 3.05. The van der Waals surface area contributed by atoms with Crippen LogP contribution >= 0.6 is 0 Å². The average Bonchev–Trinajstić information content (AvgIpc) is 2.11. The number of methoxy groups -OCH3 is 1. The van der Waals surface area contributed by atoms with Crippen molar-refractivity contribution < 1.29 is 4.74 Å². The van der Waals surface area contributed by atoms with Crippen LogP contribution in [0.3, 0.4) is 0 Å². The highest BCUT2D eigenvalue weighted by molar-refractivity contribution is 5.37. The molecule has 0 saturated heterocycles. The minimum atomic E-state index is -0.443. The van der Waals surface area contributed by atoms with Crippen molar-refractivity contribution in [2.24, 2.45) is 0 Å². The number of ether oxygens (including phenoxy) is 1. The Hall–Kier alpha value is -1.33. The van der Waals surface area contributed by atoms with Gasteiger partial charge in [-0.15, -0.1) is 0 Å². The van der Waals surface area contributed by atoms with E-state index in [2.05, 4.69) is 6.07 Å². The highest BCUT2D eigenvalue weighted by Crippen LogP contribution is 2.23. The van der Waals surface area contributed by atoms with E-state index in [4.69, 9.17) is 10.00 Å². The van der Waals surface area contributed by atoms with Crippen LogP contribution in [0.25, 0.3) is 0 Å². The maximum absolute atomic E-state index is 8.85. The van der Waals surface area contributed by atoms with Crippen molar-refractivity contribution in [3.05, 3.63) is 34.9 Å².